The standard InChI is InChI=1S/C30H28O3P.BrH/c1-32-30(31)23-33-22-21-25-13-11-12-14-26(25)24-34(27-15-5-2-6-16-27,28-17-7-3-8-18-28)29-19-9-4-10-20-29;/h2-22H,23-24H2,1H3;1H/q+1;/p-1. The van der Waals surface area contributed by atoms with E-state index >= 15 is 0 Å². The van der Waals surface area contributed by atoms with E-state index in [2.05, 4.69) is 114 Å². The van der Waals surface area contributed by atoms with Crippen molar-refractivity contribution in [2.75, 3.05) is 13.7 Å². The number of benzene rings is 4. The van der Waals surface area contributed by atoms with Crippen molar-refractivity contribution in [3.05, 3.63) is 133 Å². The summed E-state index contributed by atoms with van der Waals surface area (Å²) in [7, 11) is -0.659. The Morgan fingerprint density at radius 2 is 1.17 bits per heavy atom. The van der Waals surface area contributed by atoms with Gasteiger partial charge in [-0.3, -0.25) is 0 Å². The second-order valence-corrected chi connectivity index (χ2v) is 11.3. The fourth-order valence-electron chi connectivity index (χ4n) is 4.16. The van der Waals surface area contributed by atoms with Crippen molar-refractivity contribution in [2.24, 2.45) is 0 Å². The zero-order chi connectivity index (χ0) is 23.6. The number of hydrogen-bond acceptors (Lipinski definition) is 3. The number of carbonyl (C=O) groups is 1. The van der Waals surface area contributed by atoms with E-state index in [1.807, 2.05) is 12.1 Å². The molecule has 4 rings (SSSR count). The topological polar surface area (TPSA) is 35.5 Å². The molecule has 0 heterocycles. The van der Waals surface area contributed by atoms with Crippen molar-refractivity contribution in [3.8, 4) is 0 Å². The molecule has 0 saturated heterocycles. The molecular formula is C30H28BrO3P. The van der Waals surface area contributed by atoms with E-state index in [0.717, 1.165) is 11.7 Å². The average molecular weight is 547 g/mol. The predicted octanol–water partition coefficient (Wildman–Crippen LogP) is 2.34. The van der Waals surface area contributed by atoms with E-state index in [4.69, 9.17) is 4.74 Å². The molecule has 0 aliphatic carbocycles. The van der Waals surface area contributed by atoms with Gasteiger partial charge in [0.1, 0.15) is 23.2 Å². The van der Waals surface area contributed by atoms with E-state index in [1.165, 1.54) is 28.6 Å². The van der Waals surface area contributed by atoms with Crippen LogP contribution in [0.3, 0.4) is 0 Å². The maximum atomic E-state index is 11.4. The third kappa shape index (κ3) is 6.28. The van der Waals surface area contributed by atoms with E-state index in [0.29, 0.717) is 0 Å². The lowest BCUT2D eigenvalue weighted by Crippen LogP contribution is -3.00. The molecular weight excluding hydrogens is 519 g/mol. The number of esters is 1. The van der Waals surface area contributed by atoms with Gasteiger partial charge < -0.3 is 26.5 Å². The third-order valence-electron chi connectivity index (χ3n) is 5.83. The van der Waals surface area contributed by atoms with Crippen molar-refractivity contribution in [1.29, 1.82) is 0 Å². The smallest absolute Gasteiger partial charge is 0.343 e. The molecule has 5 heteroatoms. The molecule has 0 spiro atoms. The highest BCUT2D eigenvalue weighted by molar-refractivity contribution is 7.95. The van der Waals surface area contributed by atoms with Gasteiger partial charge in [-0.2, -0.15) is 0 Å². The van der Waals surface area contributed by atoms with Crippen LogP contribution in [0.5, 0.6) is 0 Å². The molecule has 0 fully saturated rings. The van der Waals surface area contributed by atoms with E-state index in [-0.39, 0.29) is 23.6 Å². The second kappa shape index (κ2) is 13.0. The Balaban J connectivity index is 0.00000342. The number of rotatable bonds is 9. The molecule has 0 atom stereocenters. The lowest BCUT2D eigenvalue weighted by molar-refractivity contribution is -0.143. The zero-order valence-corrected chi connectivity index (χ0v) is 22.1. The molecule has 35 heavy (non-hydrogen) atoms. The normalized spacial score (nSPS) is 11.0. The van der Waals surface area contributed by atoms with Crippen LogP contribution in [-0.4, -0.2) is 19.7 Å². The Morgan fingerprint density at radius 3 is 1.66 bits per heavy atom. The quantitative estimate of drug-likeness (QED) is 0.184. The molecule has 0 N–H and O–H groups in total. The van der Waals surface area contributed by atoms with Crippen LogP contribution in [0, 0.1) is 0 Å². The Labute approximate surface area is 218 Å². The molecule has 0 aliphatic rings. The molecule has 4 aromatic rings. The summed E-state index contributed by atoms with van der Waals surface area (Å²) in [5.41, 5.74) is 2.30. The summed E-state index contributed by atoms with van der Waals surface area (Å²) in [5.74, 6) is -0.403. The summed E-state index contributed by atoms with van der Waals surface area (Å²) in [6, 6.07) is 40.9. The van der Waals surface area contributed by atoms with Crippen LogP contribution in [0.2, 0.25) is 0 Å². The Hall–Kier alpha value is -3.20. The number of carbonyl (C=O) groups excluding carboxylic acids is 1. The van der Waals surface area contributed by atoms with Crippen LogP contribution in [0.15, 0.2) is 122 Å². The van der Waals surface area contributed by atoms with Gasteiger partial charge in [-0.25, -0.2) is 4.79 Å². The van der Waals surface area contributed by atoms with Gasteiger partial charge in [-0.05, 0) is 53.6 Å². The van der Waals surface area contributed by atoms with Gasteiger partial charge in [0.15, 0.2) is 6.61 Å². The van der Waals surface area contributed by atoms with Crippen LogP contribution < -0.4 is 32.9 Å². The highest BCUT2D eigenvalue weighted by atomic mass is 79.9. The number of halogens is 1. The molecule has 0 amide bonds. The van der Waals surface area contributed by atoms with Gasteiger partial charge in [0.05, 0.1) is 19.5 Å². The molecule has 0 aliphatic heterocycles. The first kappa shape index (κ1) is 26.4. The number of methoxy groups -OCH3 is 1. The predicted molar refractivity (Wildman–Crippen MR) is 142 cm³/mol. The van der Waals surface area contributed by atoms with Gasteiger partial charge in [0.2, 0.25) is 0 Å². The van der Waals surface area contributed by atoms with E-state index < -0.39 is 13.2 Å². The van der Waals surface area contributed by atoms with E-state index in [1.54, 1.807) is 6.26 Å². The first-order valence-electron chi connectivity index (χ1n) is 11.2. The van der Waals surface area contributed by atoms with Crippen LogP contribution in [0.1, 0.15) is 11.1 Å². The van der Waals surface area contributed by atoms with Crippen molar-refractivity contribution in [3.63, 3.8) is 0 Å². The fraction of sp³-hybridized carbons (Fsp3) is 0.100. The van der Waals surface area contributed by atoms with Crippen molar-refractivity contribution in [2.45, 2.75) is 6.16 Å². The maximum absolute atomic E-state index is 11.4. The van der Waals surface area contributed by atoms with Gasteiger partial charge in [-0.1, -0.05) is 78.9 Å². The summed E-state index contributed by atoms with van der Waals surface area (Å²) in [6.45, 7) is -0.107. The summed E-state index contributed by atoms with van der Waals surface area (Å²) >= 11 is 0. The largest absolute Gasteiger partial charge is 1.00 e. The second-order valence-electron chi connectivity index (χ2n) is 7.86. The van der Waals surface area contributed by atoms with Gasteiger partial charge in [0.25, 0.3) is 0 Å². The number of ether oxygens (including phenoxy) is 2. The summed E-state index contributed by atoms with van der Waals surface area (Å²) in [5, 5.41) is 4.02. The van der Waals surface area contributed by atoms with Crippen molar-refractivity contribution in [1.82, 2.24) is 0 Å². The molecule has 4 aromatic carbocycles. The number of hydrogen-bond donors (Lipinski definition) is 0. The Morgan fingerprint density at radius 1 is 0.714 bits per heavy atom. The Kier molecular flexibility index (Phi) is 9.84. The summed E-state index contributed by atoms with van der Waals surface area (Å²) in [4.78, 5) is 11.4. The minimum absolute atomic E-state index is 0. The first-order chi connectivity index (χ1) is 16.7. The molecule has 3 nitrogen and oxygen atoms in total. The van der Waals surface area contributed by atoms with Crippen LogP contribution in [0.25, 0.3) is 6.08 Å². The molecule has 178 valence electrons. The van der Waals surface area contributed by atoms with Crippen LogP contribution >= 0.6 is 7.26 Å². The van der Waals surface area contributed by atoms with Crippen molar-refractivity contribution >= 4 is 35.2 Å². The lowest BCUT2D eigenvalue weighted by atomic mass is 10.1. The van der Waals surface area contributed by atoms with Gasteiger partial charge in [-0.15, -0.1) is 0 Å². The van der Waals surface area contributed by atoms with E-state index in [9.17, 15) is 4.79 Å². The van der Waals surface area contributed by atoms with Gasteiger partial charge in [0, 0.05) is 0 Å². The lowest BCUT2D eigenvalue weighted by Gasteiger charge is -2.28. The van der Waals surface area contributed by atoms with Crippen molar-refractivity contribution < 1.29 is 31.2 Å². The zero-order valence-electron chi connectivity index (χ0n) is 19.6. The average Bonchev–Trinajstić information content (AvgIpc) is 2.91. The summed E-state index contributed by atoms with van der Waals surface area (Å²) < 4.78 is 10.0. The molecule has 0 aromatic heterocycles. The minimum Gasteiger partial charge on any atom is -1.00 e. The highest BCUT2D eigenvalue weighted by Gasteiger charge is 2.45. The molecule has 0 bridgehead atoms. The minimum atomic E-state index is -2.01. The Bertz CT molecular complexity index is 1130. The first-order valence-corrected chi connectivity index (χ1v) is 13.2. The summed E-state index contributed by atoms with van der Waals surface area (Å²) in [6.07, 6.45) is 4.36. The molecule has 0 unspecified atom stereocenters. The molecule has 0 saturated carbocycles. The fourth-order valence-corrected chi connectivity index (χ4v) is 8.45. The maximum Gasteiger partial charge on any atom is 0.343 e. The van der Waals surface area contributed by atoms with Crippen LogP contribution in [0.4, 0.5) is 0 Å². The van der Waals surface area contributed by atoms with Crippen LogP contribution in [-0.2, 0) is 20.4 Å². The molecule has 0 radical (unpaired) electrons. The highest BCUT2D eigenvalue weighted by Crippen LogP contribution is 2.58. The monoisotopic (exact) mass is 546 g/mol. The third-order valence-corrected chi connectivity index (χ3v) is 10.2. The SMILES string of the molecule is COC(=O)COC=Cc1ccccc1C[P+](c1ccccc1)(c1ccccc1)c1ccccc1.[Br-]. The van der Waals surface area contributed by atoms with Gasteiger partial charge >= 0.3 is 5.97 Å².